The second-order valence-electron chi connectivity index (χ2n) is 8.25. The highest BCUT2D eigenvalue weighted by Crippen LogP contribution is 2.45. The Labute approximate surface area is 178 Å². The molecule has 6 heteroatoms. The largest absolute Gasteiger partial charge is 0.508 e. The Kier molecular flexibility index (Phi) is 4.94. The number of aromatic nitrogens is 1. The van der Waals surface area contributed by atoms with Crippen LogP contribution in [0.3, 0.4) is 0 Å². The van der Waals surface area contributed by atoms with Crippen molar-refractivity contribution in [3.63, 3.8) is 0 Å². The number of pyridine rings is 1. The molecule has 31 heavy (non-hydrogen) atoms. The van der Waals surface area contributed by atoms with Crippen LogP contribution < -0.4 is 0 Å². The quantitative estimate of drug-likeness (QED) is 0.599. The predicted octanol–water partition coefficient (Wildman–Crippen LogP) is 4.70. The van der Waals surface area contributed by atoms with Crippen molar-refractivity contribution in [3.05, 3.63) is 65.6 Å². The Bertz CT molecular complexity index is 1180. The average Bonchev–Trinajstić information content (AvgIpc) is 3.57. The molecular formula is C25H22FNO4. The first-order valence-electron chi connectivity index (χ1n) is 10.5. The number of phenols is 1. The molecule has 0 amide bonds. The van der Waals surface area contributed by atoms with Gasteiger partial charge in [-0.1, -0.05) is 18.2 Å². The van der Waals surface area contributed by atoms with E-state index in [0.717, 1.165) is 46.1 Å². The third-order valence-corrected chi connectivity index (χ3v) is 5.80. The van der Waals surface area contributed by atoms with Crippen LogP contribution in [0, 0.1) is 5.82 Å². The molecule has 0 unspecified atom stereocenters. The topological polar surface area (TPSA) is 79.7 Å². The number of esters is 1. The third kappa shape index (κ3) is 4.03. The van der Waals surface area contributed by atoms with Crippen LogP contribution >= 0.6 is 0 Å². The lowest BCUT2D eigenvalue weighted by molar-refractivity contribution is -0.156. The molecule has 2 aliphatic rings. The van der Waals surface area contributed by atoms with Crippen LogP contribution in [0.5, 0.6) is 5.75 Å². The number of carbonyl (C=O) groups is 1. The van der Waals surface area contributed by atoms with Gasteiger partial charge in [0.2, 0.25) is 0 Å². The molecule has 3 aromatic rings. The van der Waals surface area contributed by atoms with Crippen molar-refractivity contribution in [1.82, 2.24) is 4.98 Å². The fourth-order valence-electron chi connectivity index (χ4n) is 4.18. The molecule has 5 rings (SSSR count). The van der Waals surface area contributed by atoms with Gasteiger partial charge in [0, 0.05) is 28.9 Å². The van der Waals surface area contributed by atoms with Gasteiger partial charge in [-0.15, -0.1) is 0 Å². The number of cyclic esters (lactones) is 1. The van der Waals surface area contributed by atoms with Crippen molar-refractivity contribution in [2.45, 2.75) is 43.8 Å². The zero-order valence-corrected chi connectivity index (χ0v) is 16.8. The lowest BCUT2D eigenvalue weighted by Gasteiger charge is -2.23. The Hall–Kier alpha value is -3.25. The van der Waals surface area contributed by atoms with E-state index in [1.165, 1.54) is 12.1 Å². The standard InChI is InChI=1S/C25H22FNO4/c26-16-5-3-14(4-6-16)24-20(9-8-19-11-18(29)13-23(30)31-19)25(15-1-2-15)27-22-10-7-17(28)12-21(22)24/h3-10,12,15,18-19,28-29H,1-2,11,13H2/t18-,19-/m1/s1. The highest BCUT2D eigenvalue weighted by atomic mass is 19.1. The minimum Gasteiger partial charge on any atom is -0.508 e. The van der Waals surface area contributed by atoms with Crippen LogP contribution in [0.1, 0.15) is 42.9 Å². The molecular weight excluding hydrogens is 397 g/mol. The number of aromatic hydroxyl groups is 1. The smallest absolute Gasteiger partial charge is 0.309 e. The number of carbonyl (C=O) groups excluding carboxylic acids is 1. The molecule has 1 aliphatic heterocycles. The zero-order chi connectivity index (χ0) is 21.5. The van der Waals surface area contributed by atoms with Crippen molar-refractivity contribution in [1.29, 1.82) is 0 Å². The zero-order valence-electron chi connectivity index (χ0n) is 16.8. The molecule has 2 heterocycles. The molecule has 1 aliphatic carbocycles. The second kappa shape index (κ2) is 7.78. The minimum atomic E-state index is -0.720. The highest BCUT2D eigenvalue weighted by molar-refractivity contribution is 6.00. The van der Waals surface area contributed by atoms with Gasteiger partial charge in [-0.05, 0) is 54.8 Å². The van der Waals surface area contributed by atoms with Crippen LogP contribution in [0.25, 0.3) is 28.1 Å². The molecule has 0 radical (unpaired) electrons. The molecule has 2 N–H and O–H groups in total. The Morgan fingerprint density at radius 3 is 2.61 bits per heavy atom. The van der Waals surface area contributed by atoms with E-state index in [-0.39, 0.29) is 18.0 Å². The lowest BCUT2D eigenvalue weighted by Crippen LogP contribution is -2.31. The number of fused-ring (bicyclic) bond motifs is 1. The number of benzene rings is 2. The molecule has 2 aromatic carbocycles. The lowest BCUT2D eigenvalue weighted by atomic mass is 9.91. The molecule has 2 fully saturated rings. The van der Waals surface area contributed by atoms with E-state index in [4.69, 9.17) is 9.72 Å². The Balaban J connectivity index is 1.70. The number of rotatable bonds is 4. The number of aliphatic hydroxyl groups is 1. The molecule has 1 aromatic heterocycles. The first-order valence-corrected chi connectivity index (χ1v) is 10.5. The number of phenolic OH excluding ortho intramolecular Hbond substituents is 1. The molecule has 158 valence electrons. The number of hydrogen-bond donors (Lipinski definition) is 2. The van der Waals surface area contributed by atoms with Crippen LogP contribution in [0.4, 0.5) is 4.39 Å². The molecule has 0 spiro atoms. The maximum Gasteiger partial charge on any atom is 0.309 e. The van der Waals surface area contributed by atoms with Gasteiger partial charge in [0.15, 0.2) is 0 Å². The summed E-state index contributed by atoms with van der Waals surface area (Å²) in [7, 11) is 0. The van der Waals surface area contributed by atoms with E-state index in [0.29, 0.717) is 12.3 Å². The Morgan fingerprint density at radius 2 is 1.90 bits per heavy atom. The monoisotopic (exact) mass is 419 g/mol. The van der Waals surface area contributed by atoms with Crippen molar-refractivity contribution >= 4 is 22.9 Å². The highest BCUT2D eigenvalue weighted by Gasteiger charge is 2.30. The van der Waals surface area contributed by atoms with Gasteiger partial charge in [-0.25, -0.2) is 4.39 Å². The summed E-state index contributed by atoms with van der Waals surface area (Å²) >= 11 is 0. The molecule has 0 bridgehead atoms. The second-order valence-corrected chi connectivity index (χ2v) is 8.25. The van der Waals surface area contributed by atoms with Gasteiger partial charge in [-0.3, -0.25) is 9.78 Å². The fourth-order valence-corrected chi connectivity index (χ4v) is 4.18. The van der Waals surface area contributed by atoms with Crippen molar-refractivity contribution in [2.24, 2.45) is 0 Å². The van der Waals surface area contributed by atoms with E-state index in [1.807, 2.05) is 6.08 Å². The SMILES string of the molecule is O=C1C[C@H](O)C[C@@H](C=Cc2c(C3CC3)nc3ccc(O)cc3c2-c2ccc(F)cc2)O1. The van der Waals surface area contributed by atoms with Crippen LogP contribution in [0.15, 0.2) is 48.5 Å². The summed E-state index contributed by atoms with van der Waals surface area (Å²) in [5.74, 6) is -0.295. The summed E-state index contributed by atoms with van der Waals surface area (Å²) in [5, 5.41) is 20.8. The summed E-state index contributed by atoms with van der Waals surface area (Å²) in [4.78, 5) is 16.6. The van der Waals surface area contributed by atoms with Gasteiger partial charge in [-0.2, -0.15) is 0 Å². The Morgan fingerprint density at radius 1 is 1.13 bits per heavy atom. The number of aliphatic hydroxyl groups excluding tert-OH is 1. The first kappa shape index (κ1) is 19.7. The van der Waals surface area contributed by atoms with E-state index in [9.17, 15) is 19.4 Å². The molecule has 2 atom stereocenters. The molecule has 1 saturated heterocycles. The van der Waals surface area contributed by atoms with Crippen molar-refractivity contribution < 1.29 is 24.1 Å². The number of nitrogens with zero attached hydrogens (tertiary/aromatic N) is 1. The van der Waals surface area contributed by atoms with Crippen LogP contribution in [-0.2, 0) is 9.53 Å². The summed E-state index contributed by atoms with van der Waals surface area (Å²) in [5.41, 5.74) is 4.22. The fraction of sp³-hybridized carbons (Fsp3) is 0.280. The third-order valence-electron chi connectivity index (χ3n) is 5.80. The summed E-state index contributed by atoms with van der Waals surface area (Å²) in [6.07, 6.45) is 4.86. The van der Waals surface area contributed by atoms with Gasteiger partial charge in [0.25, 0.3) is 0 Å². The van der Waals surface area contributed by atoms with Crippen LogP contribution in [-0.4, -0.2) is 33.4 Å². The first-order chi connectivity index (χ1) is 15.0. The number of ether oxygens (including phenoxy) is 1. The summed E-state index contributed by atoms with van der Waals surface area (Å²) < 4.78 is 19.0. The van der Waals surface area contributed by atoms with Crippen molar-refractivity contribution in [2.75, 3.05) is 0 Å². The summed E-state index contributed by atoms with van der Waals surface area (Å²) in [6, 6.07) is 11.3. The van der Waals surface area contributed by atoms with Gasteiger partial charge >= 0.3 is 5.97 Å². The van der Waals surface area contributed by atoms with E-state index in [1.54, 1.807) is 36.4 Å². The predicted molar refractivity (Wildman–Crippen MR) is 115 cm³/mol. The minimum absolute atomic E-state index is 0.00923. The van der Waals surface area contributed by atoms with Gasteiger partial charge in [0.05, 0.1) is 23.7 Å². The van der Waals surface area contributed by atoms with Gasteiger partial charge in [0.1, 0.15) is 17.7 Å². The van der Waals surface area contributed by atoms with E-state index >= 15 is 0 Å². The van der Waals surface area contributed by atoms with E-state index < -0.39 is 18.2 Å². The maximum atomic E-state index is 13.6. The van der Waals surface area contributed by atoms with Crippen molar-refractivity contribution in [3.8, 4) is 16.9 Å². The average molecular weight is 419 g/mol. The van der Waals surface area contributed by atoms with E-state index in [2.05, 4.69) is 0 Å². The van der Waals surface area contributed by atoms with Crippen LogP contribution in [0.2, 0.25) is 0 Å². The summed E-state index contributed by atoms with van der Waals surface area (Å²) in [6.45, 7) is 0. The molecule has 5 nitrogen and oxygen atoms in total. The normalized spacial score (nSPS) is 21.5. The number of hydrogen-bond acceptors (Lipinski definition) is 5. The number of halogens is 1. The molecule has 1 saturated carbocycles. The van der Waals surface area contributed by atoms with Gasteiger partial charge < -0.3 is 14.9 Å². The maximum absolute atomic E-state index is 13.6.